The van der Waals surface area contributed by atoms with Crippen LogP contribution >= 0.6 is 0 Å². The molecule has 0 aliphatic rings. The number of anilines is 1. The Bertz CT molecular complexity index is 1270. The predicted molar refractivity (Wildman–Crippen MR) is 130 cm³/mol. The molecule has 0 heterocycles. The number of esters is 2. The fraction of sp³-hybridized carbons (Fsp3) is 0.185. The van der Waals surface area contributed by atoms with Gasteiger partial charge in [-0.15, -0.1) is 0 Å². The van der Waals surface area contributed by atoms with E-state index < -0.39 is 36.0 Å². The molecule has 0 unspecified atom stereocenters. The molecule has 0 bridgehead atoms. The summed E-state index contributed by atoms with van der Waals surface area (Å²) in [6.07, 6.45) is -4.11. The third kappa shape index (κ3) is 6.69. The molecule has 3 rings (SSSR count). The molecule has 3 aromatic carbocycles. The maximum atomic E-state index is 13.1. The molecule has 2 N–H and O–H groups in total. The third-order valence-electron chi connectivity index (χ3n) is 5.11. The fourth-order valence-electron chi connectivity index (χ4n) is 3.29. The maximum Gasteiger partial charge on any atom is 0.349 e. The van der Waals surface area contributed by atoms with Crippen molar-refractivity contribution in [3.8, 4) is 5.75 Å². The van der Waals surface area contributed by atoms with Gasteiger partial charge < -0.3 is 24.6 Å². The van der Waals surface area contributed by atoms with E-state index in [-0.39, 0.29) is 16.8 Å². The molecule has 0 radical (unpaired) electrons. The summed E-state index contributed by atoms with van der Waals surface area (Å²) in [5.41, 5.74) is 1.97. The number of hydrogen-bond acceptors (Lipinski definition) is 7. The molecule has 0 aliphatic heterocycles. The molecular formula is C27H25NO8. The first-order valence-electron chi connectivity index (χ1n) is 10.9. The minimum Gasteiger partial charge on any atom is -0.497 e. The van der Waals surface area contributed by atoms with Crippen molar-refractivity contribution in [2.45, 2.75) is 26.1 Å². The van der Waals surface area contributed by atoms with Crippen LogP contribution in [0.5, 0.6) is 5.75 Å². The van der Waals surface area contributed by atoms with Gasteiger partial charge in [-0.05, 0) is 62.4 Å². The number of carboxylic acid groups (broad SMARTS) is 1. The molecule has 186 valence electrons. The highest BCUT2D eigenvalue weighted by atomic mass is 16.6. The molecule has 0 aliphatic carbocycles. The summed E-state index contributed by atoms with van der Waals surface area (Å²) in [4.78, 5) is 50.8. The van der Waals surface area contributed by atoms with Gasteiger partial charge in [0.25, 0.3) is 5.91 Å². The zero-order chi connectivity index (χ0) is 26.2. The Morgan fingerprint density at radius 3 is 1.69 bits per heavy atom. The average molecular weight is 491 g/mol. The van der Waals surface area contributed by atoms with Crippen molar-refractivity contribution in [1.29, 1.82) is 0 Å². The van der Waals surface area contributed by atoms with Crippen molar-refractivity contribution < 1.29 is 38.5 Å². The number of amides is 1. The van der Waals surface area contributed by atoms with E-state index in [2.05, 4.69) is 5.32 Å². The normalized spacial score (nSPS) is 12.1. The molecule has 0 fully saturated rings. The zero-order valence-corrected chi connectivity index (χ0v) is 19.9. The first kappa shape index (κ1) is 26.0. The second-order valence-electron chi connectivity index (χ2n) is 7.95. The Labute approximate surface area is 207 Å². The Hall–Kier alpha value is -4.66. The van der Waals surface area contributed by atoms with Crippen LogP contribution in [0.2, 0.25) is 0 Å². The van der Waals surface area contributed by atoms with Crippen molar-refractivity contribution in [2.75, 3.05) is 12.4 Å². The molecule has 0 spiro atoms. The van der Waals surface area contributed by atoms with Crippen LogP contribution in [0, 0.1) is 13.8 Å². The third-order valence-corrected chi connectivity index (χ3v) is 5.11. The van der Waals surface area contributed by atoms with Gasteiger partial charge in [0.1, 0.15) is 5.75 Å². The van der Waals surface area contributed by atoms with Crippen LogP contribution in [0.1, 0.15) is 31.8 Å². The largest absolute Gasteiger partial charge is 0.497 e. The maximum absolute atomic E-state index is 13.1. The predicted octanol–water partition coefficient (Wildman–Crippen LogP) is 3.79. The highest BCUT2D eigenvalue weighted by molar-refractivity contribution is 6.01. The average Bonchev–Trinajstić information content (AvgIpc) is 2.86. The number of aryl methyl sites for hydroxylation is 2. The second kappa shape index (κ2) is 11.7. The lowest BCUT2D eigenvalue weighted by atomic mass is 10.1. The summed E-state index contributed by atoms with van der Waals surface area (Å²) in [7, 11) is 1.48. The molecule has 3 aromatic rings. The van der Waals surface area contributed by atoms with Crippen LogP contribution in [-0.4, -0.2) is 48.2 Å². The quantitative estimate of drug-likeness (QED) is 0.433. The minimum atomic E-state index is -2.12. The van der Waals surface area contributed by atoms with E-state index in [1.807, 2.05) is 0 Å². The number of ether oxygens (including phenoxy) is 3. The molecular weight excluding hydrogens is 466 g/mol. The zero-order valence-electron chi connectivity index (χ0n) is 19.9. The molecule has 0 aromatic heterocycles. The van der Waals surface area contributed by atoms with E-state index in [0.717, 1.165) is 11.1 Å². The van der Waals surface area contributed by atoms with E-state index >= 15 is 0 Å². The lowest BCUT2D eigenvalue weighted by molar-refractivity contribution is -0.157. The van der Waals surface area contributed by atoms with Gasteiger partial charge in [0.15, 0.2) is 0 Å². The highest BCUT2D eigenvalue weighted by Crippen LogP contribution is 2.19. The molecule has 1 amide bonds. The van der Waals surface area contributed by atoms with Gasteiger partial charge in [0, 0.05) is 5.69 Å². The smallest absolute Gasteiger partial charge is 0.349 e. The monoisotopic (exact) mass is 491 g/mol. The van der Waals surface area contributed by atoms with Crippen molar-refractivity contribution in [2.24, 2.45) is 0 Å². The van der Waals surface area contributed by atoms with Crippen LogP contribution in [0.25, 0.3) is 0 Å². The Morgan fingerprint density at radius 2 is 1.25 bits per heavy atom. The number of carbonyl (C=O) groups is 4. The summed E-state index contributed by atoms with van der Waals surface area (Å²) < 4.78 is 15.6. The molecule has 2 atom stereocenters. The SMILES string of the molecule is COc1ccc(NC(=O)[C@@H](OC(=O)c2cccc(C)c2)[C@@H](OC(=O)c2cccc(C)c2)C(=O)O)cc1. The summed E-state index contributed by atoms with van der Waals surface area (Å²) >= 11 is 0. The standard InChI is InChI=1S/C27H25NO8/c1-16-6-4-8-18(14-16)26(32)35-22(24(29)28-20-10-12-21(34-3)13-11-20)23(25(30)31)36-27(33)19-9-5-7-17(2)15-19/h4-15,22-23H,1-3H3,(H,28,29)(H,30,31)/t22-,23+/m0/s1. The van der Waals surface area contributed by atoms with Gasteiger partial charge in [-0.1, -0.05) is 35.4 Å². The van der Waals surface area contributed by atoms with Gasteiger partial charge in [-0.25, -0.2) is 14.4 Å². The Balaban J connectivity index is 1.91. The summed E-state index contributed by atoms with van der Waals surface area (Å²) in [5, 5.41) is 12.3. The Kier molecular flexibility index (Phi) is 8.40. The van der Waals surface area contributed by atoms with E-state index in [1.165, 1.54) is 43.5 Å². The first-order chi connectivity index (χ1) is 17.2. The molecule has 9 heteroatoms. The molecule has 0 saturated carbocycles. The number of hydrogen-bond donors (Lipinski definition) is 2. The van der Waals surface area contributed by atoms with E-state index in [9.17, 15) is 24.3 Å². The van der Waals surface area contributed by atoms with Gasteiger partial charge >= 0.3 is 17.9 Å². The van der Waals surface area contributed by atoms with Crippen molar-refractivity contribution in [3.05, 3.63) is 95.1 Å². The number of benzene rings is 3. The summed E-state index contributed by atoms with van der Waals surface area (Å²) in [5.74, 6) is -4.06. The highest BCUT2D eigenvalue weighted by Gasteiger charge is 2.41. The lowest BCUT2D eigenvalue weighted by Crippen LogP contribution is -2.48. The van der Waals surface area contributed by atoms with E-state index in [0.29, 0.717) is 5.75 Å². The number of nitrogens with one attached hydrogen (secondary N) is 1. The number of carboxylic acids is 1. The number of aliphatic carboxylic acids is 1. The lowest BCUT2D eigenvalue weighted by Gasteiger charge is -2.23. The molecule has 9 nitrogen and oxygen atoms in total. The van der Waals surface area contributed by atoms with Gasteiger partial charge in [-0.3, -0.25) is 4.79 Å². The first-order valence-corrected chi connectivity index (χ1v) is 10.9. The number of methoxy groups -OCH3 is 1. The van der Waals surface area contributed by atoms with Crippen molar-refractivity contribution in [1.82, 2.24) is 0 Å². The van der Waals surface area contributed by atoms with Crippen molar-refractivity contribution in [3.63, 3.8) is 0 Å². The number of rotatable bonds is 9. The van der Waals surface area contributed by atoms with E-state index in [1.54, 1.807) is 50.2 Å². The summed E-state index contributed by atoms with van der Waals surface area (Å²) in [6.45, 7) is 3.51. The van der Waals surface area contributed by atoms with Crippen LogP contribution in [0.15, 0.2) is 72.8 Å². The van der Waals surface area contributed by atoms with Crippen LogP contribution < -0.4 is 10.1 Å². The van der Waals surface area contributed by atoms with Crippen LogP contribution in [-0.2, 0) is 19.1 Å². The molecule has 0 saturated heterocycles. The van der Waals surface area contributed by atoms with Crippen molar-refractivity contribution >= 4 is 29.5 Å². The van der Waals surface area contributed by atoms with Gasteiger partial charge in [-0.2, -0.15) is 0 Å². The Morgan fingerprint density at radius 1 is 0.750 bits per heavy atom. The van der Waals surface area contributed by atoms with Gasteiger partial charge in [0.05, 0.1) is 18.2 Å². The fourth-order valence-corrected chi connectivity index (χ4v) is 3.29. The summed E-state index contributed by atoms with van der Waals surface area (Å²) in [6, 6.07) is 18.9. The van der Waals surface area contributed by atoms with E-state index in [4.69, 9.17) is 14.2 Å². The number of carbonyl (C=O) groups excluding carboxylic acids is 3. The van der Waals surface area contributed by atoms with Crippen LogP contribution in [0.4, 0.5) is 5.69 Å². The molecule has 36 heavy (non-hydrogen) atoms. The minimum absolute atomic E-state index is 0.0839. The topological polar surface area (TPSA) is 128 Å². The van der Waals surface area contributed by atoms with Crippen LogP contribution in [0.3, 0.4) is 0 Å². The second-order valence-corrected chi connectivity index (χ2v) is 7.95. The van der Waals surface area contributed by atoms with Gasteiger partial charge in [0.2, 0.25) is 12.2 Å².